The number of hydrazone groups is 1. The average Bonchev–Trinajstić information content (AvgIpc) is 3.31. The Hall–Kier alpha value is -3.44. The topological polar surface area (TPSA) is 105 Å². The van der Waals surface area contributed by atoms with Crippen LogP contribution in [0.4, 0.5) is 10.1 Å². The van der Waals surface area contributed by atoms with Crippen molar-refractivity contribution >= 4 is 31.4 Å². The van der Waals surface area contributed by atoms with Gasteiger partial charge in [-0.25, -0.2) is 12.8 Å². The SMILES string of the molecule is CCS(=O)(=O)Nc1ccc(C2=NN(S(=O)(=O)c3ccc(OC)cc3)C(c3ccc(F)cc3)C2)cc1. The summed E-state index contributed by atoms with van der Waals surface area (Å²) in [6.07, 6.45) is 0.251. The van der Waals surface area contributed by atoms with Gasteiger partial charge in [-0.1, -0.05) is 24.3 Å². The molecule has 0 fully saturated rings. The maximum atomic E-state index is 13.5. The Labute approximate surface area is 204 Å². The van der Waals surface area contributed by atoms with Gasteiger partial charge in [0.05, 0.1) is 29.5 Å². The average molecular weight is 518 g/mol. The molecule has 0 radical (unpaired) electrons. The first kappa shape index (κ1) is 24.7. The Morgan fingerprint density at radius 2 is 1.60 bits per heavy atom. The Bertz CT molecular complexity index is 1440. The summed E-state index contributed by atoms with van der Waals surface area (Å²) in [5, 5.41) is 4.45. The van der Waals surface area contributed by atoms with Crippen LogP contribution in [0.5, 0.6) is 5.75 Å². The van der Waals surface area contributed by atoms with Crippen LogP contribution < -0.4 is 9.46 Å². The van der Waals surface area contributed by atoms with Gasteiger partial charge in [0, 0.05) is 12.1 Å². The number of anilines is 1. The molecule has 1 N–H and O–H groups in total. The predicted octanol–water partition coefficient (Wildman–Crippen LogP) is 4.14. The van der Waals surface area contributed by atoms with Crippen LogP contribution in [-0.4, -0.2) is 39.8 Å². The number of nitrogens with zero attached hydrogens (tertiary/aromatic N) is 2. The van der Waals surface area contributed by atoms with Crippen molar-refractivity contribution in [3.63, 3.8) is 0 Å². The van der Waals surface area contributed by atoms with E-state index in [4.69, 9.17) is 4.74 Å². The minimum atomic E-state index is -4.04. The maximum absolute atomic E-state index is 13.5. The summed E-state index contributed by atoms with van der Waals surface area (Å²) in [4.78, 5) is 0.0414. The molecule has 0 aromatic heterocycles. The summed E-state index contributed by atoms with van der Waals surface area (Å²) in [5.74, 6) is 0.0323. The highest BCUT2D eigenvalue weighted by Crippen LogP contribution is 2.37. The summed E-state index contributed by atoms with van der Waals surface area (Å²) < 4.78 is 72.9. The van der Waals surface area contributed by atoms with Gasteiger partial charge in [0.1, 0.15) is 11.6 Å². The van der Waals surface area contributed by atoms with E-state index in [1.165, 1.54) is 50.4 Å². The van der Waals surface area contributed by atoms with E-state index < -0.39 is 31.9 Å². The maximum Gasteiger partial charge on any atom is 0.279 e. The third-order valence-corrected chi connectivity index (χ3v) is 8.61. The van der Waals surface area contributed by atoms with Gasteiger partial charge < -0.3 is 4.74 Å². The second-order valence-electron chi connectivity index (χ2n) is 7.85. The molecule has 0 aliphatic carbocycles. The third kappa shape index (κ3) is 5.30. The lowest BCUT2D eigenvalue weighted by molar-refractivity contribution is 0.371. The van der Waals surface area contributed by atoms with E-state index in [0.29, 0.717) is 28.3 Å². The fourth-order valence-electron chi connectivity index (χ4n) is 3.66. The first-order valence-corrected chi connectivity index (χ1v) is 13.8. The third-order valence-electron chi connectivity index (χ3n) is 5.60. The van der Waals surface area contributed by atoms with Crippen molar-refractivity contribution in [2.45, 2.75) is 24.3 Å². The molecule has 1 aliphatic rings. The molecule has 0 amide bonds. The summed E-state index contributed by atoms with van der Waals surface area (Å²) in [5.41, 5.74) is 2.13. The number of nitrogens with one attached hydrogen (secondary N) is 1. The molecular weight excluding hydrogens is 493 g/mol. The van der Waals surface area contributed by atoms with Gasteiger partial charge >= 0.3 is 0 Å². The second kappa shape index (κ2) is 9.67. The molecule has 0 saturated heterocycles. The molecule has 4 rings (SSSR count). The largest absolute Gasteiger partial charge is 0.497 e. The lowest BCUT2D eigenvalue weighted by Gasteiger charge is -2.23. The molecule has 3 aromatic rings. The van der Waals surface area contributed by atoms with Crippen LogP contribution in [0, 0.1) is 5.82 Å². The Kier molecular flexibility index (Phi) is 6.82. The van der Waals surface area contributed by atoms with E-state index in [1.54, 1.807) is 36.4 Å². The molecule has 0 spiro atoms. The minimum absolute atomic E-state index is 0.0414. The van der Waals surface area contributed by atoms with Gasteiger partial charge in [-0.05, 0) is 66.6 Å². The highest BCUT2D eigenvalue weighted by Gasteiger charge is 2.37. The number of rotatable bonds is 8. The van der Waals surface area contributed by atoms with Crippen molar-refractivity contribution in [1.82, 2.24) is 4.41 Å². The standard InChI is InChI=1S/C24H24FN3O5S2/c1-3-34(29,30)27-20-10-6-17(7-11-20)23-16-24(18-4-8-19(25)9-5-18)28(26-23)35(31,32)22-14-12-21(33-2)13-15-22/h4-15,24,27H,3,16H2,1-2H3. The van der Waals surface area contributed by atoms with Crippen molar-refractivity contribution in [1.29, 1.82) is 0 Å². The molecule has 1 atom stereocenters. The van der Waals surface area contributed by atoms with E-state index in [0.717, 1.165) is 4.41 Å². The molecule has 1 unspecified atom stereocenters. The quantitative estimate of drug-likeness (QED) is 0.484. The first-order valence-electron chi connectivity index (χ1n) is 10.8. The highest BCUT2D eigenvalue weighted by atomic mass is 32.2. The van der Waals surface area contributed by atoms with Crippen LogP contribution in [0.15, 0.2) is 82.8 Å². The zero-order valence-electron chi connectivity index (χ0n) is 19.0. The molecular formula is C24H24FN3O5S2. The number of halogens is 1. The Morgan fingerprint density at radius 3 is 2.17 bits per heavy atom. The molecule has 1 heterocycles. The van der Waals surface area contributed by atoms with Gasteiger partial charge in [0.15, 0.2) is 0 Å². The zero-order chi connectivity index (χ0) is 25.2. The number of benzene rings is 3. The molecule has 0 saturated carbocycles. The lowest BCUT2D eigenvalue weighted by Crippen LogP contribution is -2.27. The van der Waals surface area contributed by atoms with Gasteiger partial charge in [0.2, 0.25) is 10.0 Å². The summed E-state index contributed by atoms with van der Waals surface area (Å²) in [6.45, 7) is 1.54. The zero-order valence-corrected chi connectivity index (χ0v) is 20.7. The van der Waals surface area contributed by atoms with E-state index in [-0.39, 0.29) is 17.1 Å². The molecule has 35 heavy (non-hydrogen) atoms. The van der Waals surface area contributed by atoms with Gasteiger partial charge in [-0.15, -0.1) is 0 Å². The number of hydrogen-bond acceptors (Lipinski definition) is 6. The van der Waals surface area contributed by atoms with Gasteiger partial charge in [-0.3, -0.25) is 4.72 Å². The van der Waals surface area contributed by atoms with Gasteiger partial charge in [0.25, 0.3) is 10.0 Å². The van der Waals surface area contributed by atoms with E-state index in [9.17, 15) is 21.2 Å². The number of ether oxygens (including phenoxy) is 1. The van der Waals surface area contributed by atoms with E-state index in [2.05, 4.69) is 9.82 Å². The molecule has 0 bridgehead atoms. The van der Waals surface area contributed by atoms with Gasteiger partial charge in [-0.2, -0.15) is 17.9 Å². The van der Waals surface area contributed by atoms with Crippen LogP contribution in [-0.2, 0) is 20.0 Å². The molecule has 11 heteroatoms. The summed E-state index contributed by atoms with van der Waals surface area (Å²) in [7, 11) is -5.98. The Morgan fingerprint density at radius 1 is 0.971 bits per heavy atom. The summed E-state index contributed by atoms with van der Waals surface area (Å²) >= 11 is 0. The Balaban J connectivity index is 1.71. The van der Waals surface area contributed by atoms with Crippen molar-refractivity contribution in [3.8, 4) is 5.75 Å². The molecule has 3 aromatic carbocycles. The second-order valence-corrected chi connectivity index (χ2v) is 11.7. The first-order chi connectivity index (χ1) is 16.6. The fourth-order valence-corrected chi connectivity index (χ4v) is 5.73. The van der Waals surface area contributed by atoms with E-state index in [1.807, 2.05) is 0 Å². The van der Waals surface area contributed by atoms with Crippen LogP contribution in [0.25, 0.3) is 0 Å². The van der Waals surface area contributed by atoms with Crippen molar-refractivity contribution in [2.24, 2.45) is 5.10 Å². The predicted molar refractivity (Wildman–Crippen MR) is 132 cm³/mol. The smallest absolute Gasteiger partial charge is 0.279 e. The van der Waals surface area contributed by atoms with Crippen molar-refractivity contribution in [3.05, 3.63) is 89.7 Å². The van der Waals surface area contributed by atoms with Crippen LogP contribution in [0.2, 0.25) is 0 Å². The van der Waals surface area contributed by atoms with Crippen LogP contribution in [0.3, 0.4) is 0 Å². The fraction of sp³-hybridized carbons (Fsp3) is 0.208. The molecule has 1 aliphatic heterocycles. The van der Waals surface area contributed by atoms with Crippen LogP contribution in [0.1, 0.15) is 30.5 Å². The normalized spacial score (nSPS) is 16.1. The monoisotopic (exact) mass is 517 g/mol. The van der Waals surface area contributed by atoms with Crippen molar-refractivity contribution in [2.75, 3.05) is 17.6 Å². The lowest BCUT2D eigenvalue weighted by atomic mass is 9.99. The molecule has 8 nitrogen and oxygen atoms in total. The highest BCUT2D eigenvalue weighted by molar-refractivity contribution is 7.92. The van der Waals surface area contributed by atoms with E-state index >= 15 is 0 Å². The number of methoxy groups -OCH3 is 1. The number of hydrogen-bond donors (Lipinski definition) is 1. The number of sulfonamides is 2. The molecule has 184 valence electrons. The van der Waals surface area contributed by atoms with Crippen molar-refractivity contribution < 1.29 is 26.0 Å². The minimum Gasteiger partial charge on any atom is -0.497 e. The van der Waals surface area contributed by atoms with Crippen LogP contribution >= 0.6 is 0 Å². The summed E-state index contributed by atoms with van der Waals surface area (Å²) in [6, 6.07) is 17.5.